The minimum atomic E-state index is -0.361. The van der Waals surface area contributed by atoms with Gasteiger partial charge in [0, 0.05) is 42.8 Å². The van der Waals surface area contributed by atoms with Crippen molar-refractivity contribution in [2.24, 2.45) is 0 Å². The molecule has 2 N–H and O–H groups in total. The fraction of sp³-hybridized carbons (Fsp3) is 0.524. The van der Waals surface area contributed by atoms with E-state index in [-0.39, 0.29) is 18.2 Å². The topological polar surface area (TPSA) is 60.1 Å². The number of rotatable bonds is 4. The smallest absolute Gasteiger partial charge is 0.134 e. The largest absolute Gasteiger partial charge is 0.460 e. The van der Waals surface area contributed by atoms with Crippen LogP contribution in [0, 0.1) is 0 Å². The van der Waals surface area contributed by atoms with Crippen LogP contribution in [0.3, 0.4) is 0 Å². The molecule has 2 saturated heterocycles. The first-order valence-corrected chi connectivity index (χ1v) is 10.1. The molecule has 1 aromatic carbocycles. The molecule has 27 heavy (non-hydrogen) atoms. The van der Waals surface area contributed by atoms with Gasteiger partial charge in [0.25, 0.3) is 0 Å². The summed E-state index contributed by atoms with van der Waals surface area (Å²) >= 11 is 5.95. The molecule has 6 heteroatoms. The summed E-state index contributed by atoms with van der Waals surface area (Å²) in [7, 11) is 0. The van der Waals surface area contributed by atoms with E-state index in [9.17, 15) is 10.2 Å². The molecule has 2 atom stereocenters. The van der Waals surface area contributed by atoms with Gasteiger partial charge in [-0.1, -0.05) is 11.6 Å². The fourth-order valence-electron chi connectivity index (χ4n) is 4.22. The van der Waals surface area contributed by atoms with Gasteiger partial charge in [-0.05, 0) is 55.7 Å². The van der Waals surface area contributed by atoms with Crippen LogP contribution in [-0.2, 0) is 6.54 Å². The molecule has 2 aromatic rings. The summed E-state index contributed by atoms with van der Waals surface area (Å²) in [5.74, 6) is 1.75. The van der Waals surface area contributed by atoms with Gasteiger partial charge in [-0.3, -0.25) is 9.80 Å². The second kappa shape index (κ2) is 8.33. The molecule has 3 heterocycles. The highest BCUT2D eigenvalue weighted by atomic mass is 35.5. The SMILES string of the molecule is OC1CCN([C@@H]2CCN(Cc3ccc(-c4ccc(Cl)cc4)o3)C[C@H]2O)CC1. The highest BCUT2D eigenvalue weighted by Crippen LogP contribution is 2.26. The lowest BCUT2D eigenvalue weighted by atomic mass is 9.96. The van der Waals surface area contributed by atoms with Crippen molar-refractivity contribution in [2.45, 2.75) is 44.1 Å². The highest BCUT2D eigenvalue weighted by Gasteiger charge is 2.33. The van der Waals surface area contributed by atoms with Gasteiger partial charge >= 0.3 is 0 Å². The molecule has 2 aliphatic rings. The van der Waals surface area contributed by atoms with Crippen molar-refractivity contribution < 1.29 is 14.6 Å². The molecule has 1 aromatic heterocycles. The molecule has 0 bridgehead atoms. The molecular formula is C21H27ClN2O3. The van der Waals surface area contributed by atoms with Crippen LogP contribution in [-0.4, -0.2) is 64.4 Å². The van der Waals surface area contributed by atoms with E-state index < -0.39 is 0 Å². The predicted octanol–water partition coefficient (Wildman–Crippen LogP) is 2.99. The van der Waals surface area contributed by atoms with Gasteiger partial charge < -0.3 is 14.6 Å². The third-order valence-electron chi connectivity index (χ3n) is 5.77. The number of nitrogens with zero attached hydrogens (tertiary/aromatic N) is 2. The summed E-state index contributed by atoms with van der Waals surface area (Å²) in [6.45, 7) is 4.06. The van der Waals surface area contributed by atoms with Crippen molar-refractivity contribution >= 4 is 11.6 Å². The molecule has 0 saturated carbocycles. The molecule has 4 rings (SSSR count). The van der Waals surface area contributed by atoms with Crippen LogP contribution in [0.5, 0.6) is 0 Å². The molecule has 2 aliphatic heterocycles. The zero-order valence-electron chi connectivity index (χ0n) is 15.4. The van der Waals surface area contributed by atoms with Gasteiger partial charge in [-0.2, -0.15) is 0 Å². The van der Waals surface area contributed by atoms with Gasteiger partial charge in [0.1, 0.15) is 11.5 Å². The first-order chi connectivity index (χ1) is 13.1. The van der Waals surface area contributed by atoms with Crippen molar-refractivity contribution in [3.63, 3.8) is 0 Å². The van der Waals surface area contributed by atoms with Crippen LogP contribution < -0.4 is 0 Å². The maximum Gasteiger partial charge on any atom is 0.134 e. The Bertz CT molecular complexity index is 740. The number of β-amino-alcohol motifs (C(OH)–C–C–N with tert-alkyl or cyclic N) is 1. The van der Waals surface area contributed by atoms with E-state index in [0.29, 0.717) is 18.1 Å². The Labute approximate surface area is 165 Å². The van der Waals surface area contributed by atoms with Crippen LogP contribution in [0.15, 0.2) is 40.8 Å². The standard InChI is InChI=1S/C21H27ClN2O3/c22-16-3-1-15(2-4-16)21-6-5-18(27-21)13-23-10-9-19(20(26)14-23)24-11-7-17(25)8-12-24/h1-6,17,19-20,25-26H,7-14H2/t19-,20-/m1/s1. The Morgan fingerprint density at radius 2 is 1.70 bits per heavy atom. The first kappa shape index (κ1) is 19.0. The number of aliphatic hydroxyl groups is 2. The van der Waals surface area contributed by atoms with Crippen molar-refractivity contribution in [2.75, 3.05) is 26.2 Å². The van der Waals surface area contributed by atoms with Crippen LogP contribution in [0.4, 0.5) is 0 Å². The Kier molecular flexibility index (Phi) is 5.85. The summed E-state index contributed by atoms with van der Waals surface area (Å²) < 4.78 is 6.00. The number of benzene rings is 1. The van der Waals surface area contributed by atoms with Crippen molar-refractivity contribution in [3.8, 4) is 11.3 Å². The summed E-state index contributed by atoms with van der Waals surface area (Å²) in [6.07, 6.45) is 2.04. The molecular weight excluding hydrogens is 364 g/mol. The third-order valence-corrected chi connectivity index (χ3v) is 6.02. The van der Waals surface area contributed by atoms with Crippen molar-refractivity contribution in [1.29, 1.82) is 0 Å². The van der Waals surface area contributed by atoms with Gasteiger partial charge in [0.05, 0.1) is 18.8 Å². The lowest BCUT2D eigenvalue weighted by Gasteiger charge is -2.43. The van der Waals surface area contributed by atoms with Crippen LogP contribution in [0.1, 0.15) is 25.0 Å². The fourth-order valence-corrected chi connectivity index (χ4v) is 4.35. The van der Waals surface area contributed by atoms with Gasteiger partial charge in [-0.15, -0.1) is 0 Å². The molecule has 0 amide bonds. The Morgan fingerprint density at radius 1 is 0.963 bits per heavy atom. The molecule has 0 radical (unpaired) electrons. The lowest BCUT2D eigenvalue weighted by molar-refractivity contribution is -0.0365. The van der Waals surface area contributed by atoms with Gasteiger partial charge in [0.15, 0.2) is 0 Å². The van der Waals surface area contributed by atoms with E-state index in [1.54, 1.807) is 0 Å². The van der Waals surface area contributed by atoms with E-state index in [4.69, 9.17) is 16.0 Å². The van der Waals surface area contributed by atoms with Crippen molar-refractivity contribution in [3.05, 3.63) is 47.2 Å². The number of likely N-dealkylation sites (tertiary alicyclic amines) is 2. The summed E-state index contributed by atoms with van der Waals surface area (Å²) in [6, 6.07) is 11.8. The maximum atomic E-state index is 10.7. The molecule has 5 nitrogen and oxygen atoms in total. The number of hydrogen-bond acceptors (Lipinski definition) is 5. The Morgan fingerprint density at radius 3 is 2.41 bits per heavy atom. The van der Waals surface area contributed by atoms with E-state index in [2.05, 4.69) is 9.80 Å². The number of piperidine rings is 2. The van der Waals surface area contributed by atoms with E-state index in [0.717, 1.165) is 56.0 Å². The molecule has 2 fully saturated rings. The second-order valence-corrected chi connectivity index (χ2v) is 8.13. The minimum absolute atomic E-state index is 0.174. The Hall–Kier alpha value is -1.37. The van der Waals surface area contributed by atoms with Gasteiger partial charge in [-0.25, -0.2) is 0 Å². The number of halogens is 1. The molecule has 0 unspecified atom stereocenters. The average molecular weight is 391 g/mol. The summed E-state index contributed by atoms with van der Waals surface area (Å²) in [4.78, 5) is 4.60. The zero-order chi connectivity index (χ0) is 18.8. The third kappa shape index (κ3) is 4.55. The zero-order valence-corrected chi connectivity index (χ0v) is 16.2. The number of hydrogen-bond donors (Lipinski definition) is 2. The van der Waals surface area contributed by atoms with Crippen molar-refractivity contribution in [1.82, 2.24) is 9.80 Å². The minimum Gasteiger partial charge on any atom is -0.460 e. The average Bonchev–Trinajstić information content (AvgIpc) is 3.12. The highest BCUT2D eigenvalue weighted by molar-refractivity contribution is 6.30. The van der Waals surface area contributed by atoms with E-state index >= 15 is 0 Å². The predicted molar refractivity (Wildman–Crippen MR) is 106 cm³/mol. The first-order valence-electron chi connectivity index (χ1n) is 9.75. The van der Waals surface area contributed by atoms with Crippen LogP contribution >= 0.6 is 11.6 Å². The van der Waals surface area contributed by atoms with Gasteiger partial charge in [0.2, 0.25) is 0 Å². The quantitative estimate of drug-likeness (QED) is 0.840. The summed E-state index contributed by atoms with van der Waals surface area (Å²) in [5.41, 5.74) is 1.01. The van der Waals surface area contributed by atoms with Crippen LogP contribution in [0.2, 0.25) is 5.02 Å². The summed E-state index contributed by atoms with van der Waals surface area (Å²) in [5, 5.41) is 21.1. The second-order valence-electron chi connectivity index (χ2n) is 7.70. The Balaban J connectivity index is 1.33. The normalized spacial score (nSPS) is 25.7. The van der Waals surface area contributed by atoms with E-state index in [1.807, 2.05) is 36.4 Å². The van der Waals surface area contributed by atoms with Crippen LogP contribution in [0.25, 0.3) is 11.3 Å². The maximum absolute atomic E-state index is 10.7. The van der Waals surface area contributed by atoms with E-state index in [1.165, 1.54) is 0 Å². The number of furan rings is 1. The molecule has 146 valence electrons. The molecule has 0 spiro atoms. The lowest BCUT2D eigenvalue weighted by Crippen LogP contribution is -2.55. The molecule has 0 aliphatic carbocycles. The monoisotopic (exact) mass is 390 g/mol. The number of aliphatic hydroxyl groups excluding tert-OH is 2.